The van der Waals surface area contributed by atoms with Gasteiger partial charge in [-0.05, 0) is 55.2 Å². The van der Waals surface area contributed by atoms with Crippen LogP contribution in [-0.2, 0) is 13.0 Å². The highest BCUT2D eigenvalue weighted by molar-refractivity contribution is 7.22. The maximum Gasteiger partial charge on any atom is 0.319 e. The highest BCUT2D eigenvalue weighted by Gasteiger charge is 2.23. The van der Waals surface area contributed by atoms with Crippen molar-refractivity contribution < 1.29 is 13.9 Å². The second kappa shape index (κ2) is 9.15. The van der Waals surface area contributed by atoms with Crippen LogP contribution in [-0.4, -0.2) is 22.0 Å². The van der Waals surface area contributed by atoms with Crippen molar-refractivity contribution in [1.29, 1.82) is 0 Å². The third kappa shape index (κ3) is 4.96. The number of halogens is 1. The number of rotatable bonds is 7. The molecule has 6 nitrogen and oxygen atoms in total. The third-order valence-electron chi connectivity index (χ3n) is 5.46. The molecule has 0 saturated heterocycles. The van der Waals surface area contributed by atoms with Crippen LogP contribution < -0.4 is 15.4 Å². The molecule has 33 heavy (non-hydrogen) atoms. The zero-order chi connectivity index (χ0) is 22.8. The van der Waals surface area contributed by atoms with Gasteiger partial charge in [0.15, 0.2) is 11.6 Å². The minimum atomic E-state index is -0.531. The summed E-state index contributed by atoms with van der Waals surface area (Å²) >= 11 is 1.60. The molecule has 4 aromatic rings. The molecule has 0 unspecified atom stereocenters. The largest absolute Gasteiger partial charge is 0.486 e. The number of pyridine rings is 2. The van der Waals surface area contributed by atoms with Crippen LogP contribution in [0.1, 0.15) is 30.9 Å². The van der Waals surface area contributed by atoms with Crippen LogP contribution >= 0.6 is 11.3 Å². The molecule has 0 aliphatic heterocycles. The van der Waals surface area contributed by atoms with Gasteiger partial charge in [0.05, 0.1) is 20.8 Å². The van der Waals surface area contributed by atoms with E-state index in [1.165, 1.54) is 17.7 Å². The van der Waals surface area contributed by atoms with Gasteiger partial charge < -0.3 is 15.4 Å². The number of anilines is 1. The number of amides is 2. The molecule has 0 spiro atoms. The fraction of sp³-hybridized carbons (Fsp3) is 0.240. The van der Waals surface area contributed by atoms with Gasteiger partial charge in [0.25, 0.3) is 0 Å². The predicted molar refractivity (Wildman–Crippen MR) is 128 cm³/mol. The van der Waals surface area contributed by atoms with Crippen molar-refractivity contribution in [2.24, 2.45) is 0 Å². The van der Waals surface area contributed by atoms with Gasteiger partial charge >= 0.3 is 6.03 Å². The van der Waals surface area contributed by atoms with Crippen molar-refractivity contribution >= 4 is 33.3 Å². The number of hydrogen-bond acceptors (Lipinski definition) is 5. The Morgan fingerprint density at radius 3 is 2.79 bits per heavy atom. The average Bonchev–Trinajstić information content (AvgIpc) is 3.52. The molecule has 8 heteroatoms. The highest BCUT2D eigenvalue weighted by Crippen LogP contribution is 2.34. The number of carbonyl (C=O) groups is 1. The molecular formula is C25H23FN4O2S. The Kier molecular flexibility index (Phi) is 5.92. The molecule has 1 fully saturated rings. The van der Waals surface area contributed by atoms with Gasteiger partial charge in [-0.25, -0.2) is 9.18 Å². The SMILES string of the molecule is CCc1ccc(-c2cc3nccc(COc4ccc(NC(=O)NC5CC5)cc4F)c3s2)nc1. The molecule has 3 heterocycles. The van der Waals surface area contributed by atoms with Crippen LogP contribution in [0.5, 0.6) is 5.75 Å². The first-order chi connectivity index (χ1) is 16.1. The zero-order valence-corrected chi connectivity index (χ0v) is 18.9. The van der Waals surface area contributed by atoms with E-state index in [9.17, 15) is 9.18 Å². The second-order valence-electron chi connectivity index (χ2n) is 8.01. The highest BCUT2D eigenvalue weighted by atomic mass is 32.1. The Balaban J connectivity index is 1.29. The van der Waals surface area contributed by atoms with E-state index >= 15 is 0 Å². The molecule has 3 aromatic heterocycles. The smallest absolute Gasteiger partial charge is 0.319 e. The minimum Gasteiger partial charge on any atom is -0.486 e. The number of aryl methyl sites for hydroxylation is 1. The maximum absolute atomic E-state index is 14.6. The predicted octanol–water partition coefficient (Wildman–Crippen LogP) is 5.92. The van der Waals surface area contributed by atoms with Crippen LogP contribution in [0.15, 0.2) is 54.9 Å². The average molecular weight is 463 g/mol. The number of hydrogen-bond donors (Lipinski definition) is 2. The Morgan fingerprint density at radius 1 is 1.18 bits per heavy atom. The van der Waals surface area contributed by atoms with Crippen molar-refractivity contribution in [3.8, 4) is 16.3 Å². The standard InChI is InChI=1S/C25H23FN4O2S/c1-2-15-3-7-20(28-13-15)23-12-21-24(33-23)16(9-10-27-21)14-32-22-8-6-18(11-19(22)26)30-25(31)29-17-4-5-17/h3,6-13,17H,2,4-5,14H2,1H3,(H2,29,30,31). The lowest BCUT2D eigenvalue weighted by Crippen LogP contribution is -2.30. The van der Waals surface area contributed by atoms with Gasteiger partial charge in [-0.1, -0.05) is 13.0 Å². The second-order valence-corrected chi connectivity index (χ2v) is 9.06. The topological polar surface area (TPSA) is 76.1 Å². The van der Waals surface area contributed by atoms with Crippen molar-refractivity contribution in [3.63, 3.8) is 0 Å². The fourth-order valence-electron chi connectivity index (χ4n) is 3.44. The summed E-state index contributed by atoms with van der Waals surface area (Å²) in [6, 6.07) is 12.3. The number of fused-ring (bicyclic) bond motifs is 1. The van der Waals surface area contributed by atoms with Crippen LogP contribution in [0, 0.1) is 5.82 Å². The van der Waals surface area contributed by atoms with Gasteiger partial charge in [0.2, 0.25) is 0 Å². The molecule has 5 rings (SSSR count). The molecule has 2 amide bonds. The molecule has 1 aliphatic carbocycles. The van der Waals surface area contributed by atoms with Crippen LogP contribution in [0.25, 0.3) is 20.8 Å². The molecule has 0 radical (unpaired) electrons. The molecule has 0 bridgehead atoms. The van der Waals surface area contributed by atoms with Crippen molar-refractivity contribution in [1.82, 2.24) is 15.3 Å². The summed E-state index contributed by atoms with van der Waals surface area (Å²) < 4.78 is 21.3. The fourth-order valence-corrected chi connectivity index (χ4v) is 4.53. The molecule has 2 N–H and O–H groups in total. The number of ether oxygens (including phenoxy) is 1. The first-order valence-corrected chi connectivity index (χ1v) is 11.7. The van der Waals surface area contributed by atoms with E-state index in [0.717, 1.165) is 45.6 Å². The van der Waals surface area contributed by atoms with Gasteiger partial charge in [-0.3, -0.25) is 9.97 Å². The van der Waals surface area contributed by atoms with E-state index in [1.807, 2.05) is 24.4 Å². The normalized spacial score (nSPS) is 13.2. The van der Waals surface area contributed by atoms with Crippen molar-refractivity contribution in [2.75, 3.05) is 5.32 Å². The Hall–Kier alpha value is -3.52. The van der Waals surface area contributed by atoms with Gasteiger partial charge in [0, 0.05) is 35.8 Å². The molecule has 1 aromatic carbocycles. The number of aromatic nitrogens is 2. The van der Waals surface area contributed by atoms with Gasteiger partial charge in [-0.2, -0.15) is 0 Å². The van der Waals surface area contributed by atoms with Crippen LogP contribution in [0.3, 0.4) is 0 Å². The summed E-state index contributed by atoms with van der Waals surface area (Å²) in [5.74, 6) is -0.404. The first-order valence-electron chi connectivity index (χ1n) is 10.9. The van der Waals surface area contributed by atoms with Gasteiger partial charge in [-0.15, -0.1) is 11.3 Å². The third-order valence-corrected chi connectivity index (χ3v) is 6.69. The number of thiophene rings is 1. The van der Waals surface area contributed by atoms with E-state index in [0.29, 0.717) is 5.69 Å². The van der Waals surface area contributed by atoms with Gasteiger partial charge in [0.1, 0.15) is 6.61 Å². The monoisotopic (exact) mass is 462 g/mol. The number of carbonyl (C=O) groups excluding carboxylic acids is 1. The number of benzene rings is 1. The minimum absolute atomic E-state index is 0.127. The Bertz CT molecular complexity index is 1300. The molecule has 168 valence electrons. The van der Waals surface area contributed by atoms with Crippen molar-refractivity contribution in [2.45, 2.75) is 38.8 Å². The molecule has 1 saturated carbocycles. The van der Waals surface area contributed by atoms with E-state index in [4.69, 9.17) is 4.74 Å². The number of nitrogens with zero attached hydrogens (tertiary/aromatic N) is 2. The summed E-state index contributed by atoms with van der Waals surface area (Å²) in [5.41, 5.74) is 4.26. The molecular weight excluding hydrogens is 439 g/mol. The van der Waals surface area contributed by atoms with E-state index in [1.54, 1.807) is 23.6 Å². The number of nitrogens with one attached hydrogen (secondary N) is 2. The molecule has 0 atom stereocenters. The lowest BCUT2D eigenvalue weighted by Gasteiger charge is -2.10. The Labute approximate surface area is 194 Å². The van der Waals surface area contributed by atoms with E-state index < -0.39 is 5.82 Å². The lowest BCUT2D eigenvalue weighted by atomic mass is 10.2. The van der Waals surface area contributed by atoms with E-state index in [-0.39, 0.29) is 24.4 Å². The number of urea groups is 1. The van der Waals surface area contributed by atoms with Crippen LogP contribution in [0.4, 0.5) is 14.9 Å². The maximum atomic E-state index is 14.6. The summed E-state index contributed by atoms with van der Waals surface area (Å²) in [6.45, 7) is 2.30. The Morgan fingerprint density at radius 2 is 2.06 bits per heavy atom. The van der Waals surface area contributed by atoms with Crippen LogP contribution in [0.2, 0.25) is 0 Å². The summed E-state index contributed by atoms with van der Waals surface area (Å²) in [5, 5.41) is 5.45. The summed E-state index contributed by atoms with van der Waals surface area (Å²) in [6.07, 6.45) is 6.56. The van der Waals surface area contributed by atoms with E-state index in [2.05, 4.69) is 33.6 Å². The quantitative estimate of drug-likeness (QED) is 0.357. The molecule has 1 aliphatic rings. The van der Waals surface area contributed by atoms with Crippen molar-refractivity contribution in [3.05, 3.63) is 71.8 Å². The summed E-state index contributed by atoms with van der Waals surface area (Å²) in [4.78, 5) is 21.9. The zero-order valence-electron chi connectivity index (χ0n) is 18.1. The first kappa shape index (κ1) is 21.3. The summed E-state index contributed by atoms with van der Waals surface area (Å²) in [7, 11) is 0. The lowest BCUT2D eigenvalue weighted by molar-refractivity contribution is 0.251.